The number of carboxylic acid groups (broad SMARTS) is 2. The number of aromatic nitrogens is 2. The standard InChI is InChI=1S/C10H14N4O5/c1-5-8(9(11)19)10(13(2)12-5)14(3-6(15)16)4-7(17)18/h3-4H2,1-2H3,(H2,11,19)(H,15,16)(H,17,18). The minimum absolute atomic E-state index is 0.0185. The third-order valence-corrected chi connectivity index (χ3v) is 2.39. The van der Waals surface area contributed by atoms with E-state index < -0.39 is 30.9 Å². The van der Waals surface area contributed by atoms with Crippen molar-refractivity contribution in [2.75, 3.05) is 18.0 Å². The van der Waals surface area contributed by atoms with E-state index in [2.05, 4.69) is 5.10 Å². The van der Waals surface area contributed by atoms with Crippen molar-refractivity contribution in [2.24, 2.45) is 12.8 Å². The van der Waals surface area contributed by atoms with Gasteiger partial charge in [0.2, 0.25) is 0 Å². The predicted molar refractivity (Wildman–Crippen MR) is 63.9 cm³/mol. The summed E-state index contributed by atoms with van der Waals surface area (Å²) in [7, 11) is 1.48. The SMILES string of the molecule is Cc1nn(C)c(N(CC(=O)O)CC(=O)O)c1C(N)=O. The number of aliphatic carboxylic acids is 2. The zero-order valence-corrected chi connectivity index (χ0v) is 10.5. The van der Waals surface area contributed by atoms with Crippen LogP contribution in [0.25, 0.3) is 0 Å². The molecule has 104 valence electrons. The maximum absolute atomic E-state index is 11.4. The van der Waals surface area contributed by atoms with Gasteiger partial charge in [0, 0.05) is 7.05 Å². The Labute approximate surface area is 108 Å². The van der Waals surface area contributed by atoms with E-state index in [1.807, 2.05) is 0 Å². The Balaban J connectivity index is 3.32. The van der Waals surface area contributed by atoms with Gasteiger partial charge in [-0.05, 0) is 6.92 Å². The van der Waals surface area contributed by atoms with E-state index >= 15 is 0 Å². The van der Waals surface area contributed by atoms with Crippen molar-refractivity contribution in [2.45, 2.75) is 6.92 Å². The molecule has 1 rings (SSSR count). The molecule has 9 nitrogen and oxygen atoms in total. The summed E-state index contributed by atoms with van der Waals surface area (Å²) in [5, 5.41) is 21.6. The molecule has 19 heavy (non-hydrogen) atoms. The summed E-state index contributed by atoms with van der Waals surface area (Å²) in [6.45, 7) is 0.375. The predicted octanol–water partition coefficient (Wildman–Crippen LogP) is -1.20. The molecule has 0 aliphatic rings. The lowest BCUT2D eigenvalue weighted by Gasteiger charge is -2.21. The maximum atomic E-state index is 11.4. The molecule has 0 bridgehead atoms. The lowest BCUT2D eigenvalue weighted by Crippen LogP contribution is -2.37. The molecule has 0 radical (unpaired) electrons. The zero-order valence-electron chi connectivity index (χ0n) is 10.5. The van der Waals surface area contributed by atoms with Gasteiger partial charge in [-0.3, -0.25) is 19.1 Å². The van der Waals surface area contributed by atoms with E-state index in [4.69, 9.17) is 15.9 Å². The first-order chi connectivity index (χ1) is 8.73. The third-order valence-electron chi connectivity index (χ3n) is 2.39. The quantitative estimate of drug-likeness (QED) is 0.590. The Morgan fingerprint density at radius 2 is 1.74 bits per heavy atom. The molecule has 9 heteroatoms. The topological polar surface area (TPSA) is 139 Å². The number of carboxylic acids is 2. The molecular formula is C10H14N4O5. The van der Waals surface area contributed by atoms with Crippen molar-refractivity contribution >= 4 is 23.7 Å². The normalized spacial score (nSPS) is 10.2. The first-order valence-electron chi connectivity index (χ1n) is 5.26. The zero-order chi connectivity index (χ0) is 14.7. The number of carbonyl (C=O) groups is 3. The molecule has 0 aromatic carbocycles. The van der Waals surface area contributed by atoms with Crippen molar-refractivity contribution in [1.82, 2.24) is 9.78 Å². The van der Waals surface area contributed by atoms with Crippen LogP contribution in [0, 0.1) is 6.92 Å². The molecular weight excluding hydrogens is 256 g/mol. The van der Waals surface area contributed by atoms with Gasteiger partial charge in [-0.25, -0.2) is 0 Å². The molecule has 1 aromatic rings. The fourth-order valence-electron chi connectivity index (χ4n) is 1.83. The summed E-state index contributed by atoms with van der Waals surface area (Å²) in [6, 6.07) is 0. The van der Waals surface area contributed by atoms with Gasteiger partial charge >= 0.3 is 11.9 Å². The molecule has 0 aliphatic heterocycles. The summed E-state index contributed by atoms with van der Waals surface area (Å²) in [6.07, 6.45) is 0. The highest BCUT2D eigenvalue weighted by atomic mass is 16.4. The molecule has 1 amide bonds. The Hall–Kier alpha value is -2.58. The molecule has 0 spiro atoms. The fourth-order valence-corrected chi connectivity index (χ4v) is 1.83. The Morgan fingerprint density at radius 3 is 2.11 bits per heavy atom. The van der Waals surface area contributed by atoms with E-state index in [9.17, 15) is 14.4 Å². The molecule has 1 aromatic heterocycles. The summed E-state index contributed by atoms with van der Waals surface area (Å²) < 4.78 is 1.24. The van der Waals surface area contributed by atoms with Crippen LogP contribution in [0.15, 0.2) is 0 Å². The number of hydrogen-bond donors (Lipinski definition) is 3. The molecule has 0 fully saturated rings. The highest BCUT2D eigenvalue weighted by molar-refractivity contribution is 6.00. The lowest BCUT2D eigenvalue weighted by atomic mass is 10.2. The van der Waals surface area contributed by atoms with E-state index in [0.717, 1.165) is 4.90 Å². The van der Waals surface area contributed by atoms with Gasteiger partial charge in [-0.1, -0.05) is 0 Å². The van der Waals surface area contributed by atoms with Gasteiger partial charge in [-0.2, -0.15) is 5.10 Å². The number of rotatable bonds is 6. The lowest BCUT2D eigenvalue weighted by molar-refractivity contribution is -0.136. The van der Waals surface area contributed by atoms with E-state index in [0.29, 0.717) is 5.69 Å². The summed E-state index contributed by atoms with van der Waals surface area (Å²) in [5.41, 5.74) is 5.54. The van der Waals surface area contributed by atoms with Crippen molar-refractivity contribution in [3.05, 3.63) is 11.3 Å². The van der Waals surface area contributed by atoms with Crippen LogP contribution in [0.5, 0.6) is 0 Å². The smallest absolute Gasteiger partial charge is 0.323 e. The maximum Gasteiger partial charge on any atom is 0.323 e. The number of primary amides is 1. The minimum atomic E-state index is -1.23. The van der Waals surface area contributed by atoms with Crippen LogP contribution in [0.1, 0.15) is 16.1 Å². The van der Waals surface area contributed by atoms with Gasteiger partial charge in [0.1, 0.15) is 24.5 Å². The molecule has 0 atom stereocenters. The second-order valence-corrected chi connectivity index (χ2v) is 3.92. The van der Waals surface area contributed by atoms with Gasteiger partial charge in [0.25, 0.3) is 5.91 Å². The molecule has 0 unspecified atom stereocenters. The van der Waals surface area contributed by atoms with Crippen LogP contribution in [0.3, 0.4) is 0 Å². The summed E-state index contributed by atoms with van der Waals surface area (Å²) >= 11 is 0. The van der Waals surface area contributed by atoms with Crippen LogP contribution >= 0.6 is 0 Å². The monoisotopic (exact) mass is 270 g/mol. The molecule has 0 saturated carbocycles. The second kappa shape index (κ2) is 5.38. The van der Waals surface area contributed by atoms with Crippen LogP contribution < -0.4 is 10.6 Å². The highest BCUT2D eigenvalue weighted by Crippen LogP contribution is 2.22. The van der Waals surface area contributed by atoms with Crippen molar-refractivity contribution in [3.8, 4) is 0 Å². The summed E-state index contributed by atoms with van der Waals surface area (Å²) in [4.78, 5) is 34.0. The average molecular weight is 270 g/mol. The minimum Gasteiger partial charge on any atom is -0.480 e. The molecule has 0 saturated heterocycles. The van der Waals surface area contributed by atoms with Crippen molar-refractivity contribution < 1.29 is 24.6 Å². The number of amides is 1. The van der Waals surface area contributed by atoms with Crippen LogP contribution in [-0.2, 0) is 16.6 Å². The first-order valence-corrected chi connectivity index (χ1v) is 5.26. The number of anilines is 1. The molecule has 1 heterocycles. The van der Waals surface area contributed by atoms with Gasteiger partial charge in [-0.15, -0.1) is 0 Å². The van der Waals surface area contributed by atoms with Crippen LogP contribution in [0.2, 0.25) is 0 Å². The number of carbonyl (C=O) groups excluding carboxylic acids is 1. The van der Waals surface area contributed by atoms with Gasteiger partial charge in [0.05, 0.1) is 5.69 Å². The van der Waals surface area contributed by atoms with Crippen molar-refractivity contribution in [1.29, 1.82) is 0 Å². The first kappa shape index (κ1) is 14.5. The van der Waals surface area contributed by atoms with E-state index in [1.54, 1.807) is 0 Å². The second-order valence-electron chi connectivity index (χ2n) is 3.92. The fraction of sp³-hybridized carbons (Fsp3) is 0.400. The highest BCUT2D eigenvalue weighted by Gasteiger charge is 2.25. The molecule has 4 N–H and O–H groups in total. The van der Waals surface area contributed by atoms with Gasteiger partial charge in [0.15, 0.2) is 0 Å². The number of hydrogen-bond acceptors (Lipinski definition) is 5. The average Bonchev–Trinajstić information content (AvgIpc) is 2.50. The summed E-state index contributed by atoms with van der Waals surface area (Å²) in [5.74, 6) is -3.16. The van der Waals surface area contributed by atoms with Crippen LogP contribution in [0.4, 0.5) is 5.82 Å². The van der Waals surface area contributed by atoms with Gasteiger partial charge < -0.3 is 20.8 Å². The Morgan fingerprint density at radius 1 is 1.26 bits per heavy atom. The van der Waals surface area contributed by atoms with Crippen LogP contribution in [-0.4, -0.2) is 50.9 Å². The largest absolute Gasteiger partial charge is 0.480 e. The van der Waals surface area contributed by atoms with Crippen molar-refractivity contribution in [3.63, 3.8) is 0 Å². The van der Waals surface area contributed by atoms with E-state index in [-0.39, 0.29) is 11.4 Å². The number of nitrogens with zero attached hydrogens (tertiary/aromatic N) is 3. The Bertz CT molecular complexity index is 520. The molecule has 0 aliphatic carbocycles. The number of aryl methyl sites for hydroxylation is 2. The Kier molecular flexibility index (Phi) is 4.10. The number of nitrogens with two attached hydrogens (primary N) is 1. The van der Waals surface area contributed by atoms with E-state index in [1.165, 1.54) is 18.7 Å². The third kappa shape index (κ3) is 3.21.